The van der Waals surface area contributed by atoms with E-state index >= 15 is 0 Å². The van der Waals surface area contributed by atoms with E-state index in [1.54, 1.807) is 25.6 Å². The lowest BCUT2D eigenvalue weighted by Crippen LogP contribution is -2.11. The first-order valence-electron chi connectivity index (χ1n) is 4.34. The Balaban J connectivity index is 2.41. The minimum atomic E-state index is 0.477. The van der Waals surface area contributed by atoms with Gasteiger partial charge in [0, 0.05) is 24.8 Å². The fourth-order valence-electron chi connectivity index (χ4n) is 1.37. The molecule has 72 valence electrons. The van der Waals surface area contributed by atoms with Crippen molar-refractivity contribution in [2.45, 2.75) is 6.54 Å². The van der Waals surface area contributed by atoms with Crippen molar-refractivity contribution in [3.05, 3.63) is 36.3 Å². The van der Waals surface area contributed by atoms with Gasteiger partial charge in [0.05, 0.1) is 18.3 Å². The summed E-state index contributed by atoms with van der Waals surface area (Å²) in [4.78, 5) is 8.22. The van der Waals surface area contributed by atoms with Gasteiger partial charge >= 0.3 is 0 Å². The Bertz CT molecular complexity index is 442. The first-order valence-corrected chi connectivity index (χ1v) is 4.34. The zero-order valence-corrected chi connectivity index (χ0v) is 7.88. The first-order chi connectivity index (χ1) is 6.75. The van der Waals surface area contributed by atoms with Gasteiger partial charge in [-0.15, -0.1) is 0 Å². The van der Waals surface area contributed by atoms with E-state index in [4.69, 9.17) is 5.21 Å². The third-order valence-corrected chi connectivity index (χ3v) is 1.95. The van der Waals surface area contributed by atoms with Crippen molar-refractivity contribution in [1.82, 2.24) is 15.0 Å². The predicted molar refractivity (Wildman–Crippen MR) is 52.8 cm³/mol. The molecule has 0 aliphatic rings. The Labute approximate surface area is 81.8 Å². The van der Waals surface area contributed by atoms with E-state index in [2.05, 4.69) is 9.97 Å². The Morgan fingerprint density at radius 3 is 3.07 bits per heavy atom. The van der Waals surface area contributed by atoms with Crippen LogP contribution in [0, 0.1) is 0 Å². The largest absolute Gasteiger partial charge is 0.314 e. The highest BCUT2D eigenvalue weighted by molar-refractivity contribution is 5.77. The van der Waals surface area contributed by atoms with Crippen LogP contribution in [0.1, 0.15) is 5.56 Å². The monoisotopic (exact) mass is 189 g/mol. The van der Waals surface area contributed by atoms with Gasteiger partial charge in [0.25, 0.3) is 0 Å². The number of hydrogen-bond acceptors (Lipinski definition) is 4. The number of hydroxylamine groups is 2. The third-order valence-electron chi connectivity index (χ3n) is 1.95. The van der Waals surface area contributed by atoms with Gasteiger partial charge in [-0.1, -0.05) is 0 Å². The summed E-state index contributed by atoms with van der Waals surface area (Å²) in [6.07, 6.45) is 5.20. The van der Waals surface area contributed by atoms with Crippen molar-refractivity contribution >= 4 is 10.9 Å². The average Bonchev–Trinajstić information content (AvgIpc) is 2.17. The molecule has 0 bridgehead atoms. The highest BCUT2D eigenvalue weighted by Gasteiger charge is 1.99. The second-order valence-electron chi connectivity index (χ2n) is 3.23. The lowest BCUT2D eigenvalue weighted by Gasteiger charge is -2.07. The number of pyridine rings is 2. The quantitative estimate of drug-likeness (QED) is 0.726. The normalized spacial score (nSPS) is 11.1. The van der Waals surface area contributed by atoms with Crippen molar-refractivity contribution in [3.8, 4) is 0 Å². The molecule has 0 radical (unpaired) electrons. The van der Waals surface area contributed by atoms with E-state index in [1.165, 1.54) is 0 Å². The molecule has 2 rings (SSSR count). The fourth-order valence-corrected chi connectivity index (χ4v) is 1.37. The molecule has 1 N–H and O–H groups in total. The molecular weight excluding hydrogens is 178 g/mol. The summed E-state index contributed by atoms with van der Waals surface area (Å²) >= 11 is 0. The maximum absolute atomic E-state index is 9.07. The molecule has 0 aliphatic heterocycles. The van der Waals surface area contributed by atoms with Crippen LogP contribution in [-0.2, 0) is 6.54 Å². The average molecular weight is 189 g/mol. The fraction of sp³-hybridized carbons (Fsp3) is 0.200. The zero-order chi connectivity index (χ0) is 9.97. The molecule has 0 saturated carbocycles. The number of hydrogen-bond donors (Lipinski definition) is 1. The van der Waals surface area contributed by atoms with Gasteiger partial charge in [-0.05, 0) is 17.7 Å². The summed E-state index contributed by atoms with van der Waals surface area (Å²) < 4.78 is 0. The molecule has 14 heavy (non-hydrogen) atoms. The van der Waals surface area contributed by atoms with Crippen molar-refractivity contribution in [3.63, 3.8) is 0 Å². The van der Waals surface area contributed by atoms with Gasteiger partial charge in [0.1, 0.15) is 0 Å². The van der Waals surface area contributed by atoms with Gasteiger partial charge in [-0.2, -0.15) is 5.06 Å². The van der Waals surface area contributed by atoms with E-state index in [0.717, 1.165) is 21.5 Å². The Morgan fingerprint density at radius 2 is 2.29 bits per heavy atom. The molecule has 0 aromatic carbocycles. The Hall–Kier alpha value is -1.52. The number of rotatable bonds is 2. The molecule has 0 saturated heterocycles. The predicted octanol–water partition coefficient (Wildman–Crippen LogP) is 1.45. The van der Waals surface area contributed by atoms with Crippen LogP contribution >= 0.6 is 0 Å². The molecule has 0 fully saturated rings. The molecule has 4 heteroatoms. The molecule has 2 aromatic rings. The minimum absolute atomic E-state index is 0.477. The van der Waals surface area contributed by atoms with Crippen LogP contribution in [0.2, 0.25) is 0 Å². The summed E-state index contributed by atoms with van der Waals surface area (Å²) in [6.45, 7) is 0.477. The highest BCUT2D eigenvalue weighted by atomic mass is 16.5. The molecule has 0 unspecified atom stereocenters. The van der Waals surface area contributed by atoms with E-state index in [1.807, 2.05) is 12.1 Å². The molecule has 0 amide bonds. The molecule has 2 heterocycles. The van der Waals surface area contributed by atoms with Gasteiger partial charge in [-0.3, -0.25) is 9.97 Å². The van der Waals surface area contributed by atoms with Crippen molar-refractivity contribution < 1.29 is 5.21 Å². The SMILES string of the molecule is CN(O)Cc1cnc2cnccc2c1. The molecule has 0 spiro atoms. The number of nitrogens with zero attached hydrogens (tertiary/aromatic N) is 3. The van der Waals surface area contributed by atoms with Crippen LogP contribution in [0.25, 0.3) is 10.9 Å². The van der Waals surface area contributed by atoms with Crippen LogP contribution in [-0.4, -0.2) is 27.3 Å². The van der Waals surface area contributed by atoms with Gasteiger partial charge < -0.3 is 5.21 Å². The maximum atomic E-state index is 9.07. The van der Waals surface area contributed by atoms with Crippen LogP contribution in [0.15, 0.2) is 30.7 Å². The number of fused-ring (bicyclic) bond motifs is 1. The second-order valence-corrected chi connectivity index (χ2v) is 3.23. The van der Waals surface area contributed by atoms with Gasteiger partial charge in [-0.25, -0.2) is 0 Å². The van der Waals surface area contributed by atoms with E-state index in [9.17, 15) is 0 Å². The van der Waals surface area contributed by atoms with Crippen LogP contribution in [0.5, 0.6) is 0 Å². The lowest BCUT2D eigenvalue weighted by molar-refractivity contribution is -0.0731. The summed E-state index contributed by atoms with van der Waals surface area (Å²) in [5, 5.41) is 11.2. The van der Waals surface area contributed by atoms with Gasteiger partial charge in [0.2, 0.25) is 0 Å². The van der Waals surface area contributed by atoms with Crippen LogP contribution < -0.4 is 0 Å². The Kier molecular flexibility index (Phi) is 2.39. The molecule has 0 aliphatic carbocycles. The van der Waals surface area contributed by atoms with E-state index in [0.29, 0.717) is 6.54 Å². The lowest BCUT2D eigenvalue weighted by atomic mass is 10.2. The Morgan fingerprint density at radius 1 is 1.43 bits per heavy atom. The molecule has 2 aromatic heterocycles. The molecular formula is C10H11N3O. The van der Waals surface area contributed by atoms with Crippen molar-refractivity contribution in [1.29, 1.82) is 0 Å². The topological polar surface area (TPSA) is 49.2 Å². The van der Waals surface area contributed by atoms with Crippen LogP contribution in [0.3, 0.4) is 0 Å². The second kappa shape index (κ2) is 3.69. The van der Waals surface area contributed by atoms with Crippen LogP contribution in [0.4, 0.5) is 0 Å². The standard InChI is InChI=1S/C10H11N3O/c1-13(14)7-8-4-9-2-3-11-6-10(9)12-5-8/h2-6,14H,7H2,1H3. The van der Waals surface area contributed by atoms with Crippen molar-refractivity contribution in [2.75, 3.05) is 7.05 Å². The molecule has 4 nitrogen and oxygen atoms in total. The first kappa shape index (κ1) is 9.05. The van der Waals surface area contributed by atoms with E-state index in [-0.39, 0.29) is 0 Å². The third kappa shape index (κ3) is 1.86. The summed E-state index contributed by atoms with van der Waals surface area (Å²) in [5.41, 5.74) is 1.85. The number of aromatic nitrogens is 2. The summed E-state index contributed by atoms with van der Waals surface area (Å²) in [6, 6.07) is 3.90. The molecule has 0 atom stereocenters. The summed E-state index contributed by atoms with van der Waals surface area (Å²) in [7, 11) is 1.61. The summed E-state index contributed by atoms with van der Waals surface area (Å²) in [5.74, 6) is 0. The smallest absolute Gasteiger partial charge is 0.0885 e. The highest BCUT2D eigenvalue weighted by Crippen LogP contribution is 2.11. The van der Waals surface area contributed by atoms with Gasteiger partial charge in [0.15, 0.2) is 0 Å². The maximum Gasteiger partial charge on any atom is 0.0885 e. The van der Waals surface area contributed by atoms with E-state index < -0.39 is 0 Å². The minimum Gasteiger partial charge on any atom is -0.314 e. The van der Waals surface area contributed by atoms with Crippen molar-refractivity contribution in [2.24, 2.45) is 0 Å². The zero-order valence-electron chi connectivity index (χ0n) is 7.88.